The number of anilines is 1. The number of rotatable bonds is 4. The van der Waals surface area contributed by atoms with Gasteiger partial charge in [0.1, 0.15) is 5.82 Å². The van der Waals surface area contributed by atoms with Gasteiger partial charge in [-0.05, 0) is 42.0 Å². The number of carboxylic acid groups (broad SMARTS) is 1. The van der Waals surface area contributed by atoms with Crippen molar-refractivity contribution in [1.82, 2.24) is 0 Å². The van der Waals surface area contributed by atoms with Crippen LogP contribution in [0.25, 0.3) is 0 Å². The highest BCUT2D eigenvalue weighted by Crippen LogP contribution is 2.23. The van der Waals surface area contributed by atoms with Crippen molar-refractivity contribution in [2.75, 3.05) is 5.32 Å². The van der Waals surface area contributed by atoms with Crippen LogP contribution in [0.5, 0.6) is 0 Å². The number of carbonyl (C=O) groups is 1. The summed E-state index contributed by atoms with van der Waals surface area (Å²) >= 11 is 3.30. The molecule has 0 amide bonds. The van der Waals surface area contributed by atoms with Crippen molar-refractivity contribution in [3.63, 3.8) is 0 Å². The Morgan fingerprint density at radius 2 is 1.89 bits per heavy atom. The van der Waals surface area contributed by atoms with Gasteiger partial charge in [0.05, 0.1) is 0 Å². The van der Waals surface area contributed by atoms with Gasteiger partial charge in [0.15, 0.2) is 6.04 Å². The Balaban J connectivity index is 2.26. The average molecular weight is 324 g/mol. The van der Waals surface area contributed by atoms with Gasteiger partial charge in [0.25, 0.3) is 0 Å². The summed E-state index contributed by atoms with van der Waals surface area (Å²) in [5, 5.41) is 12.1. The monoisotopic (exact) mass is 323 g/mol. The number of benzene rings is 2. The molecule has 3 nitrogen and oxygen atoms in total. The normalized spacial score (nSPS) is 11.9. The van der Waals surface area contributed by atoms with E-state index in [-0.39, 0.29) is 5.82 Å². The third-order valence-corrected chi connectivity index (χ3v) is 3.08. The van der Waals surface area contributed by atoms with Crippen molar-refractivity contribution in [2.45, 2.75) is 6.04 Å². The van der Waals surface area contributed by atoms with E-state index in [1.807, 2.05) is 6.07 Å². The minimum atomic E-state index is -0.998. The first kappa shape index (κ1) is 13.5. The van der Waals surface area contributed by atoms with Gasteiger partial charge >= 0.3 is 5.97 Å². The summed E-state index contributed by atoms with van der Waals surface area (Å²) in [7, 11) is 0. The van der Waals surface area contributed by atoms with E-state index in [1.165, 1.54) is 24.3 Å². The maximum absolute atomic E-state index is 12.8. The lowest BCUT2D eigenvalue weighted by Crippen LogP contribution is -2.20. The molecule has 0 saturated heterocycles. The van der Waals surface area contributed by atoms with Gasteiger partial charge in [-0.25, -0.2) is 9.18 Å². The first-order chi connectivity index (χ1) is 9.06. The molecule has 0 fully saturated rings. The van der Waals surface area contributed by atoms with E-state index in [0.29, 0.717) is 11.3 Å². The molecular weight excluding hydrogens is 313 g/mol. The van der Waals surface area contributed by atoms with E-state index in [0.717, 1.165) is 4.47 Å². The van der Waals surface area contributed by atoms with Crippen molar-refractivity contribution in [1.29, 1.82) is 0 Å². The van der Waals surface area contributed by atoms with Crippen LogP contribution in [0.1, 0.15) is 11.6 Å². The quantitative estimate of drug-likeness (QED) is 0.899. The summed E-state index contributed by atoms with van der Waals surface area (Å²) in [5.74, 6) is -1.36. The van der Waals surface area contributed by atoms with E-state index < -0.39 is 12.0 Å². The maximum Gasteiger partial charge on any atom is 0.330 e. The molecule has 0 heterocycles. The number of hydrogen-bond donors (Lipinski definition) is 2. The van der Waals surface area contributed by atoms with Crippen molar-refractivity contribution < 1.29 is 14.3 Å². The summed E-state index contributed by atoms with van der Waals surface area (Å²) in [4.78, 5) is 11.3. The fraction of sp³-hybridized carbons (Fsp3) is 0.0714. The first-order valence-corrected chi connectivity index (χ1v) is 6.36. The Hall–Kier alpha value is -1.88. The molecule has 98 valence electrons. The molecular formula is C14H11BrFNO2. The van der Waals surface area contributed by atoms with Gasteiger partial charge in [-0.1, -0.05) is 28.1 Å². The number of hydrogen-bond acceptors (Lipinski definition) is 2. The number of nitrogens with one attached hydrogen (secondary N) is 1. The summed E-state index contributed by atoms with van der Waals surface area (Å²) in [6, 6.07) is 11.7. The predicted octanol–water partition coefficient (Wildman–Crippen LogP) is 3.83. The van der Waals surface area contributed by atoms with Crippen LogP contribution < -0.4 is 5.32 Å². The molecule has 0 aliphatic carbocycles. The second kappa shape index (κ2) is 5.84. The molecule has 2 rings (SSSR count). The van der Waals surface area contributed by atoms with Crippen LogP contribution in [-0.2, 0) is 4.79 Å². The molecule has 2 N–H and O–H groups in total. The molecule has 0 aromatic heterocycles. The van der Waals surface area contributed by atoms with Crippen LogP contribution in [0.4, 0.5) is 10.1 Å². The second-order valence-corrected chi connectivity index (χ2v) is 4.89. The summed E-state index contributed by atoms with van der Waals surface area (Å²) < 4.78 is 13.6. The Bertz CT molecular complexity index is 586. The van der Waals surface area contributed by atoms with E-state index in [2.05, 4.69) is 21.2 Å². The number of aliphatic carboxylic acids is 1. The predicted molar refractivity (Wildman–Crippen MR) is 74.5 cm³/mol. The third-order valence-electron chi connectivity index (χ3n) is 2.58. The minimum absolute atomic E-state index is 0.361. The van der Waals surface area contributed by atoms with E-state index >= 15 is 0 Å². The fourth-order valence-electron chi connectivity index (χ4n) is 1.69. The largest absolute Gasteiger partial charge is 0.479 e. The zero-order valence-corrected chi connectivity index (χ0v) is 11.4. The molecule has 5 heteroatoms. The highest BCUT2D eigenvalue weighted by atomic mass is 79.9. The van der Waals surface area contributed by atoms with E-state index in [4.69, 9.17) is 0 Å². The van der Waals surface area contributed by atoms with Crippen molar-refractivity contribution >= 4 is 27.6 Å². The van der Waals surface area contributed by atoms with Gasteiger partial charge in [-0.3, -0.25) is 0 Å². The second-order valence-electron chi connectivity index (χ2n) is 3.98. The van der Waals surface area contributed by atoms with Gasteiger partial charge < -0.3 is 10.4 Å². The molecule has 0 spiro atoms. The van der Waals surface area contributed by atoms with Gasteiger partial charge in [-0.15, -0.1) is 0 Å². The third kappa shape index (κ3) is 3.54. The lowest BCUT2D eigenvalue weighted by atomic mass is 10.1. The lowest BCUT2D eigenvalue weighted by Gasteiger charge is -2.16. The highest BCUT2D eigenvalue weighted by molar-refractivity contribution is 9.10. The Morgan fingerprint density at radius 3 is 2.47 bits per heavy atom. The van der Waals surface area contributed by atoms with Crippen molar-refractivity contribution in [2.24, 2.45) is 0 Å². The maximum atomic E-state index is 12.8. The summed E-state index contributed by atoms with van der Waals surface area (Å²) in [6.07, 6.45) is 0. The molecule has 1 atom stereocenters. The van der Waals surface area contributed by atoms with Crippen molar-refractivity contribution in [3.05, 3.63) is 64.4 Å². The zero-order valence-electron chi connectivity index (χ0n) is 9.81. The van der Waals surface area contributed by atoms with Crippen molar-refractivity contribution in [3.8, 4) is 0 Å². The molecule has 0 bridgehead atoms. The lowest BCUT2D eigenvalue weighted by molar-refractivity contribution is -0.138. The summed E-state index contributed by atoms with van der Waals surface area (Å²) in [5.41, 5.74) is 1.17. The van der Waals surface area contributed by atoms with Crippen LogP contribution in [0, 0.1) is 5.82 Å². The Kier molecular flexibility index (Phi) is 4.16. The standard InChI is InChI=1S/C14H11BrFNO2/c15-10-3-1-2-9(8-10)13(14(18)19)17-12-6-4-11(16)5-7-12/h1-8,13,17H,(H,18,19). The van der Waals surface area contributed by atoms with Crippen LogP contribution in [-0.4, -0.2) is 11.1 Å². The highest BCUT2D eigenvalue weighted by Gasteiger charge is 2.19. The number of carboxylic acids is 1. The van der Waals surface area contributed by atoms with Crippen LogP contribution in [0.3, 0.4) is 0 Å². The molecule has 0 saturated carbocycles. The van der Waals surface area contributed by atoms with E-state index in [9.17, 15) is 14.3 Å². The van der Waals surface area contributed by atoms with Crippen LogP contribution >= 0.6 is 15.9 Å². The van der Waals surface area contributed by atoms with Gasteiger partial charge in [-0.2, -0.15) is 0 Å². The van der Waals surface area contributed by atoms with Gasteiger partial charge in [0.2, 0.25) is 0 Å². The minimum Gasteiger partial charge on any atom is -0.479 e. The molecule has 2 aromatic carbocycles. The average Bonchev–Trinajstić information content (AvgIpc) is 2.37. The molecule has 2 aromatic rings. The molecule has 0 radical (unpaired) electrons. The molecule has 0 aliphatic heterocycles. The smallest absolute Gasteiger partial charge is 0.330 e. The Morgan fingerprint density at radius 1 is 1.21 bits per heavy atom. The zero-order chi connectivity index (χ0) is 13.8. The van der Waals surface area contributed by atoms with E-state index in [1.54, 1.807) is 18.2 Å². The van der Waals surface area contributed by atoms with Gasteiger partial charge in [0, 0.05) is 10.2 Å². The van der Waals surface area contributed by atoms with Crippen LogP contribution in [0.15, 0.2) is 53.0 Å². The Labute approximate surface area is 118 Å². The number of halogens is 2. The summed E-state index contributed by atoms with van der Waals surface area (Å²) in [6.45, 7) is 0. The SMILES string of the molecule is O=C(O)C(Nc1ccc(F)cc1)c1cccc(Br)c1. The first-order valence-electron chi connectivity index (χ1n) is 5.56. The molecule has 1 unspecified atom stereocenters. The topological polar surface area (TPSA) is 49.3 Å². The van der Waals surface area contributed by atoms with Crippen LogP contribution in [0.2, 0.25) is 0 Å². The molecule has 0 aliphatic rings. The molecule has 19 heavy (non-hydrogen) atoms. The fourth-order valence-corrected chi connectivity index (χ4v) is 2.10.